The average Bonchev–Trinajstić information content (AvgIpc) is 2.25. The van der Waals surface area contributed by atoms with E-state index < -0.39 is 9.84 Å². The number of rotatable bonds is 6. The van der Waals surface area contributed by atoms with Crippen molar-refractivity contribution in [3.05, 3.63) is 28.8 Å². The van der Waals surface area contributed by atoms with Gasteiger partial charge in [0.25, 0.3) is 0 Å². The maximum Gasteiger partial charge on any atom is 0.178 e. The first-order valence-corrected chi connectivity index (χ1v) is 8.76. The summed E-state index contributed by atoms with van der Waals surface area (Å²) in [5.41, 5.74) is 0.888. The van der Waals surface area contributed by atoms with Crippen LogP contribution in [-0.2, 0) is 16.3 Å². The van der Waals surface area contributed by atoms with Gasteiger partial charge in [0.15, 0.2) is 9.84 Å². The second-order valence-electron chi connectivity index (χ2n) is 5.86. The third kappa shape index (κ3) is 5.15. The zero-order chi connectivity index (χ0) is 14.6. The van der Waals surface area contributed by atoms with Crippen LogP contribution >= 0.6 is 11.6 Å². The number of aryl methyl sites for hydroxylation is 1. The Morgan fingerprint density at radius 3 is 2.26 bits per heavy atom. The standard InChI is InChI=1S/C15H23ClO2S/c1-11(2)5-6-13-7-8-14(16)9-15(13)19(17,18)10-12(3)4/h7-9,11-12H,5-6,10H2,1-4H3. The van der Waals surface area contributed by atoms with E-state index in [4.69, 9.17) is 11.6 Å². The van der Waals surface area contributed by atoms with Gasteiger partial charge in [-0.25, -0.2) is 8.42 Å². The van der Waals surface area contributed by atoms with Crippen LogP contribution in [0.5, 0.6) is 0 Å². The molecular weight excluding hydrogens is 280 g/mol. The van der Waals surface area contributed by atoms with Gasteiger partial charge >= 0.3 is 0 Å². The third-order valence-electron chi connectivity index (χ3n) is 2.91. The second-order valence-corrected chi connectivity index (χ2v) is 8.30. The van der Waals surface area contributed by atoms with Gasteiger partial charge in [-0.1, -0.05) is 45.4 Å². The summed E-state index contributed by atoms with van der Waals surface area (Å²) in [5, 5.41) is 0.482. The van der Waals surface area contributed by atoms with Gasteiger partial charge in [0.2, 0.25) is 0 Å². The van der Waals surface area contributed by atoms with Crippen LogP contribution in [0.3, 0.4) is 0 Å². The van der Waals surface area contributed by atoms with Crippen molar-refractivity contribution in [2.24, 2.45) is 11.8 Å². The highest BCUT2D eigenvalue weighted by atomic mass is 35.5. The number of halogens is 1. The molecule has 0 atom stereocenters. The van der Waals surface area contributed by atoms with E-state index in [1.165, 1.54) is 0 Å². The highest BCUT2D eigenvalue weighted by Gasteiger charge is 2.20. The Morgan fingerprint density at radius 1 is 1.11 bits per heavy atom. The molecule has 0 amide bonds. The molecule has 0 unspecified atom stereocenters. The second kappa shape index (κ2) is 6.76. The van der Waals surface area contributed by atoms with E-state index in [1.807, 2.05) is 19.9 Å². The largest absolute Gasteiger partial charge is 0.224 e. The normalized spacial score (nSPS) is 12.4. The average molecular weight is 303 g/mol. The summed E-state index contributed by atoms with van der Waals surface area (Å²) >= 11 is 5.96. The lowest BCUT2D eigenvalue weighted by Crippen LogP contribution is -2.14. The molecule has 0 radical (unpaired) electrons. The van der Waals surface area contributed by atoms with Crippen LogP contribution in [0.15, 0.2) is 23.1 Å². The van der Waals surface area contributed by atoms with E-state index in [0.717, 1.165) is 18.4 Å². The minimum Gasteiger partial charge on any atom is -0.224 e. The van der Waals surface area contributed by atoms with Crippen LogP contribution in [0.4, 0.5) is 0 Å². The molecule has 0 saturated carbocycles. The molecule has 4 heteroatoms. The van der Waals surface area contributed by atoms with Crippen molar-refractivity contribution >= 4 is 21.4 Å². The molecule has 1 aromatic rings. The van der Waals surface area contributed by atoms with Crippen LogP contribution in [0, 0.1) is 11.8 Å². The summed E-state index contributed by atoms with van der Waals surface area (Å²) in [6.07, 6.45) is 1.76. The molecule has 1 aromatic carbocycles. The van der Waals surface area contributed by atoms with E-state index in [2.05, 4.69) is 13.8 Å². The molecule has 19 heavy (non-hydrogen) atoms. The fourth-order valence-corrected chi connectivity index (χ4v) is 4.17. The van der Waals surface area contributed by atoms with Crippen molar-refractivity contribution in [1.29, 1.82) is 0 Å². The predicted molar refractivity (Wildman–Crippen MR) is 81.5 cm³/mol. The van der Waals surface area contributed by atoms with Crippen molar-refractivity contribution in [3.63, 3.8) is 0 Å². The van der Waals surface area contributed by atoms with Gasteiger partial charge in [-0.3, -0.25) is 0 Å². The Morgan fingerprint density at radius 2 is 1.74 bits per heavy atom. The Hall–Kier alpha value is -0.540. The molecule has 0 saturated heterocycles. The first kappa shape index (κ1) is 16.5. The Kier molecular flexibility index (Phi) is 5.87. The minimum atomic E-state index is -3.25. The van der Waals surface area contributed by atoms with E-state index in [0.29, 0.717) is 15.8 Å². The Bertz CT molecular complexity index is 519. The van der Waals surface area contributed by atoms with Crippen molar-refractivity contribution in [1.82, 2.24) is 0 Å². The highest BCUT2D eigenvalue weighted by molar-refractivity contribution is 7.91. The predicted octanol–water partition coefficient (Wildman–Crippen LogP) is 4.36. The summed E-state index contributed by atoms with van der Waals surface area (Å²) in [4.78, 5) is 0.411. The van der Waals surface area contributed by atoms with Crippen molar-refractivity contribution < 1.29 is 8.42 Å². The summed E-state index contributed by atoms with van der Waals surface area (Å²) in [6, 6.07) is 5.21. The molecular formula is C15H23ClO2S. The van der Waals surface area contributed by atoms with Gasteiger partial charge in [0.05, 0.1) is 10.6 Å². The van der Waals surface area contributed by atoms with Crippen LogP contribution in [0.2, 0.25) is 5.02 Å². The SMILES string of the molecule is CC(C)CCc1ccc(Cl)cc1S(=O)(=O)CC(C)C. The quantitative estimate of drug-likeness (QED) is 0.782. The van der Waals surface area contributed by atoms with Gasteiger partial charge in [-0.2, -0.15) is 0 Å². The fraction of sp³-hybridized carbons (Fsp3) is 0.600. The van der Waals surface area contributed by atoms with Gasteiger partial charge in [-0.15, -0.1) is 0 Å². The van der Waals surface area contributed by atoms with Crippen molar-refractivity contribution in [3.8, 4) is 0 Å². The maximum absolute atomic E-state index is 12.4. The number of hydrogen-bond acceptors (Lipinski definition) is 2. The summed E-state index contributed by atoms with van der Waals surface area (Å²) in [6.45, 7) is 8.10. The van der Waals surface area contributed by atoms with Gasteiger partial charge in [0, 0.05) is 5.02 Å². The molecule has 0 aliphatic carbocycles. The molecule has 0 N–H and O–H groups in total. The Balaban J connectivity index is 3.13. The lowest BCUT2D eigenvalue weighted by Gasteiger charge is -2.13. The zero-order valence-electron chi connectivity index (χ0n) is 12.1. The van der Waals surface area contributed by atoms with Gasteiger partial charge < -0.3 is 0 Å². The summed E-state index contributed by atoms with van der Waals surface area (Å²) in [7, 11) is -3.25. The molecule has 0 bridgehead atoms. The number of hydrogen-bond donors (Lipinski definition) is 0. The van der Waals surface area contributed by atoms with E-state index in [1.54, 1.807) is 12.1 Å². The molecule has 2 nitrogen and oxygen atoms in total. The van der Waals surface area contributed by atoms with Crippen LogP contribution in [0.25, 0.3) is 0 Å². The topological polar surface area (TPSA) is 34.1 Å². The van der Waals surface area contributed by atoms with Crippen molar-refractivity contribution in [2.75, 3.05) is 5.75 Å². The van der Waals surface area contributed by atoms with Crippen LogP contribution < -0.4 is 0 Å². The third-order valence-corrected chi connectivity index (χ3v) is 5.30. The lowest BCUT2D eigenvalue weighted by atomic mass is 10.0. The maximum atomic E-state index is 12.4. The molecule has 108 valence electrons. The molecule has 0 aliphatic rings. The Labute approximate surface area is 122 Å². The lowest BCUT2D eigenvalue weighted by molar-refractivity contribution is 0.570. The van der Waals surface area contributed by atoms with Gasteiger partial charge in [-0.05, 0) is 42.4 Å². The molecule has 0 aromatic heterocycles. The molecule has 0 aliphatic heterocycles. The zero-order valence-corrected chi connectivity index (χ0v) is 13.7. The first-order chi connectivity index (χ1) is 8.72. The molecule has 0 spiro atoms. The first-order valence-electron chi connectivity index (χ1n) is 6.73. The molecule has 1 rings (SSSR count). The molecule has 0 fully saturated rings. The van der Waals surface area contributed by atoms with E-state index >= 15 is 0 Å². The summed E-state index contributed by atoms with van der Waals surface area (Å²) in [5.74, 6) is 0.834. The van der Waals surface area contributed by atoms with Crippen LogP contribution in [0.1, 0.15) is 39.7 Å². The van der Waals surface area contributed by atoms with Gasteiger partial charge in [0.1, 0.15) is 0 Å². The van der Waals surface area contributed by atoms with E-state index in [9.17, 15) is 8.42 Å². The fourth-order valence-electron chi connectivity index (χ4n) is 2.00. The number of benzene rings is 1. The minimum absolute atomic E-state index is 0.113. The van der Waals surface area contributed by atoms with Crippen LogP contribution in [-0.4, -0.2) is 14.2 Å². The smallest absolute Gasteiger partial charge is 0.178 e. The summed E-state index contributed by atoms with van der Waals surface area (Å²) < 4.78 is 24.8. The monoisotopic (exact) mass is 302 g/mol. The van der Waals surface area contributed by atoms with E-state index in [-0.39, 0.29) is 11.7 Å². The highest BCUT2D eigenvalue weighted by Crippen LogP contribution is 2.25. The van der Waals surface area contributed by atoms with Crippen molar-refractivity contribution in [2.45, 2.75) is 45.4 Å². The molecule has 0 heterocycles. The number of sulfone groups is 1.